The Morgan fingerprint density at radius 1 is 1.31 bits per heavy atom. The summed E-state index contributed by atoms with van der Waals surface area (Å²) in [6.07, 6.45) is 0. The Morgan fingerprint density at radius 3 is 2.46 bits per heavy atom. The molecule has 0 unspecified atom stereocenters. The predicted molar refractivity (Wildman–Crippen MR) is 50.5 cm³/mol. The van der Waals surface area contributed by atoms with Crippen LogP contribution < -0.4 is 9.47 Å². The molecule has 0 saturated heterocycles. The third-order valence-corrected chi connectivity index (χ3v) is 1.96. The van der Waals surface area contributed by atoms with Crippen LogP contribution in [0.2, 0.25) is 5.02 Å². The number of halogens is 1. The number of benzene rings is 1. The van der Waals surface area contributed by atoms with Gasteiger partial charge in [0.15, 0.2) is 11.5 Å². The molecule has 0 aromatic heterocycles. The van der Waals surface area contributed by atoms with E-state index in [1.165, 1.54) is 14.2 Å². The number of aliphatic hydroxyl groups is 1. The molecule has 0 heterocycles. The topological polar surface area (TPSA) is 38.7 Å². The first-order chi connectivity index (χ1) is 6.22. The van der Waals surface area contributed by atoms with Crippen molar-refractivity contribution >= 4 is 11.6 Å². The van der Waals surface area contributed by atoms with Crippen molar-refractivity contribution in [2.75, 3.05) is 14.2 Å². The monoisotopic (exact) mass is 202 g/mol. The molecule has 0 aliphatic rings. The lowest BCUT2D eigenvalue weighted by Gasteiger charge is -2.10. The summed E-state index contributed by atoms with van der Waals surface area (Å²) in [5, 5.41) is 9.33. The quantitative estimate of drug-likeness (QED) is 0.813. The summed E-state index contributed by atoms with van der Waals surface area (Å²) in [6, 6.07) is 3.33. The van der Waals surface area contributed by atoms with E-state index in [1.54, 1.807) is 12.1 Å². The summed E-state index contributed by atoms with van der Waals surface area (Å²) >= 11 is 5.88. The van der Waals surface area contributed by atoms with Crippen LogP contribution in [0.4, 0.5) is 0 Å². The van der Waals surface area contributed by atoms with Gasteiger partial charge in [0.1, 0.15) is 0 Å². The SMILES string of the molecule is COc1cc(CO)cc(Cl)c1OC. The van der Waals surface area contributed by atoms with Gasteiger partial charge in [-0.05, 0) is 17.7 Å². The summed E-state index contributed by atoms with van der Waals surface area (Å²) in [5.74, 6) is 1.01. The molecule has 0 fully saturated rings. The molecule has 1 N–H and O–H groups in total. The smallest absolute Gasteiger partial charge is 0.179 e. The maximum Gasteiger partial charge on any atom is 0.179 e. The number of hydrogen-bond acceptors (Lipinski definition) is 3. The van der Waals surface area contributed by atoms with Crippen LogP contribution in [0.5, 0.6) is 11.5 Å². The molecule has 4 heteroatoms. The number of rotatable bonds is 3. The number of hydrogen-bond donors (Lipinski definition) is 1. The van der Waals surface area contributed by atoms with Crippen LogP contribution in [-0.2, 0) is 6.61 Å². The molecule has 0 aliphatic heterocycles. The van der Waals surface area contributed by atoms with Crippen molar-refractivity contribution in [3.63, 3.8) is 0 Å². The number of methoxy groups -OCH3 is 2. The van der Waals surface area contributed by atoms with Gasteiger partial charge in [0.25, 0.3) is 0 Å². The van der Waals surface area contributed by atoms with Crippen LogP contribution in [0, 0.1) is 0 Å². The highest BCUT2D eigenvalue weighted by Crippen LogP contribution is 2.35. The first-order valence-electron chi connectivity index (χ1n) is 3.74. The Hall–Kier alpha value is -0.930. The van der Waals surface area contributed by atoms with Crippen LogP contribution >= 0.6 is 11.6 Å². The van der Waals surface area contributed by atoms with E-state index in [1.807, 2.05) is 0 Å². The fourth-order valence-electron chi connectivity index (χ4n) is 1.06. The Morgan fingerprint density at radius 2 is 2.00 bits per heavy atom. The van der Waals surface area contributed by atoms with Crippen LogP contribution in [0.1, 0.15) is 5.56 Å². The van der Waals surface area contributed by atoms with Gasteiger partial charge >= 0.3 is 0 Å². The average molecular weight is 203 g/mol. The van der Waals surface area contributed by atoms with E-state index in [-0.39, 0.29) is 6.61 Å². The molecule has 3 nitrogen and oxygen atoms in total. The van der Waals surface area contributed by atoms with Crippen molar-refractivity contribution in [1.29, 1.82) is 0 Å². The van der Waals surface area contributed by atoms with Gasteiger partial charge in [0.05, 0.1) is 25.8 Å². The van der Waals surface area contributed by atoms with Gasteiger partial charge in [-0.15, -0.1) is 0 Å². The first-order valence-corrected chi connectivity index (χ1v) is 4.12. The summed E-state index contributed by atoms with van der Waals surface area (Å²) in [4.78, 5) is 0. The van der Waals surface area contributed by atoms with Crippen LogP contribution in [-0.4, -0.2) is 19.3 Å². The lowest BCUT2D eigenvalue weighted by Crippen LogP contribution is -1.93. The largest absolute Gasteiger partial charge is 0.493 e. The normalized spacial score (nSPS) is 9.85. The van der Waals surface area contributed by atoms with Crippen molar-refractivity contribution in [1.82, 2.24) is 0 Å². The zero-order chi connectivity index (χ0) is 9.84. The van der Waals surface area contributed by atoms with Crippen molar-refractivity contribution in [2.24, 2.45) is 0 Å². The molecule has 0 saturated carbocycles. The summed E-state index contributed by atoms with van der Waals surface area (Å²) in [7, 11) is 3.04. The maximum atomic E-state index is 8.89. The van der Waals surface area contributed by atoms with Gasteiger partial charge in [0.2, 0.25) is 0 Å². The van der Waals surface area contributed by atoms with Gasteiger partial charge in [0, 0.05) is 0 Å². The number of ether oxygens (including phenoxy) is 2. The minimum atomic E-state index is -0.0694. The molecule has 0 radical (unpaired) electrons. The van der Waals surface area contributed by atoms with Crippen molar-refractivity contribution in [3.05, 3.63) is 22.7 Å². The van der Waals surface area contributed by atoms with E-state index < -0.39 is 0 Å². The molecule has 0 aliphatic carbocycles. The molecule has 1 aromatic carbocycles. The van der Waals surface area contributed by atoms with E-state index in [4.69, 9.17) is 26.2 Å². The molecule has 0 amide bonds. The molecule has 1 aromatic rings. The minimum absolute atomic E-state index is 0.0694. The standard InChI is InChI=1S/C9H11ClO3/c1-12-8-4-6(5-11)3-7(10)9(8)13-2/h3-4,11H,5H2,1-2H3. The second-order valence-corrected chi connectivity index (χ2v) is 2.88. The van der Waals surface area contributed by atoms with Crippen molar-refractivity contribution in [2.45, 2.75) is 6.61 Å². The molecule has 0 atom stereocenters. The predicted octanol–water partition coefficient (Wildman–Crippen LogP) is 1.85. The van der Waals surface area contributed by atoms with Gasteiger partial charge in [-0.25, -0.2) is 0 Å². The Labute approximate surface area is 81.9 Å². The van der Waals surface area contributed by atoms with Gasteiger partial charge in [-0.3, -0.25) is 0 Å². The lowest BCUT2D eigenvalue weighted by atomic mass is 10.2. The molecule has 0 bridgehead atoms. The van der Waals surface area contributed by atoms with Gasteiger partial charge in [-0.1, -0.05) is 11.6 Å². The zero-order valence-corrected chi connectivity index (χ0v) is 8.26. The summed E-state index contributed by atoms with van der Waals surface area (Å²) < 4.78 is 10.1. The second kappa shape index (κ2) is 4.35. The van der Waals surface area contributed by atoms with E-state index in [2.05, 4.69) is 0 Å². The molecule has 0 spiro atoms. The van der Waals surface area contributed by atoms with Crippen LogP contribution in [0.3, 0.4) is 0 Å². The fraction of sp³-hybridized carbons (Fsp3) is 0.333. The summed E-state index contributed by atoms with van der Waals surface area (Å²) in [5.41, 5.74) is 0.697. The molecular formula is C9H11ClO3. The van der Waals surface area contributed by atoms with Crippen molar-refractivity contribution < 1.29 is 14.6 Å². The Kier molecular flexibility index (Phi) is 3.39. The fourth-order valence-corrected chi connectivity index (χ4v) is 1.37. The second-order valence-electron chi connectivity index (χ2n) is 2.47. The Balaban J connectivity index is 3.20. The van der Waals surface area contributed by atoms with Crippen LogP contribution in [0.25, 0.3) is 0 Å². The van der Waals surface area contributed by atoms with Gasteiger partial charge < -0.3 is 14.6 Å². The van der Waals surface area contributed by atoms with Gasteiger partial charge in [-0.2, -0.15) is 0 Å². The average Bonchev–Trinajstić information content (AvgIpc) is 2.16. The highest BCUT2D eigenvalue weighted by Gasteiger charge is 2.09. The van der Waals surface area contributed by atoms with E-state index in [0.29, 0.717) is 22.1 Å². The van der Waals surface area contributed by atoms with Crippen LogP contribution in [0.15, 0.2) is 12.1 Å². The highest BCUT2D eigenvalue weighted by atomic mass is 35.5. The van der Waals surface area contributed by atoms with E-state index in [9.17, 15) is 0 Å². The van der Waals surface area contributed by atoms with E-state index in [0.717, 1.165) is 0 Å². The molecule has 72 valence electrons. The third-order valence-electron chi connectivity index (χ3n) is 1.68. The Bertz CT molecular complexity index is 299. The maximum absolute atomic E-state index is 8.89. The molecular weight excluding hydrogens is 192 g/mol. The van der Waals surface area contributed by atoms with E-state index >= 15 is 0 Å². The first kappa shape index (κ1) is 10.2. The summed E-state index contributed by atoms with van der Waals surface area (Å²) in [6.45, 7) is -0.0694. The number of aliphatic hydroxyl groups excluding tert-OH is 1. The molecule has 1 rings (SSSR count). The lowest BCUT2D eigenvalue weighted by molar-refractivity contribution is 0.280. The highest BCUT2D eigenvalue weighted by molar-refractivity contribution is 6.32. The van der Waals surface area contributed by atoms with Crippen molar-refractivity contribution in [3.8, 4) is 11.5 Å². The third kappa shape index (κ3) is 2.05. The molecule has 13 heavy (non-hydrogen) atoms. The minimum Gasteiger partial charge on any atom is -0.493 e. The zero-order valence-electron chi connectivity index (χ0n) is 7.50.